The molecule has 0 saturated carbocycles. The number of aliphatic hydroxyl groups is 1. The quantitative estimate of drug-likeness (QED) is 0.726. The van der Waals surface area contributed by atoms with E-state index in [-0.39, 0.29) is 6.61 Å². The van der Waals surface area contributed by atoms with Crippen molar-refractivity contribution in [1.82, 2.24) is 9.97 Å². The Bertz CT molecular complexity index is 382. The van der Waals surface area contributed by atoms with Crippen LogP contribution >= 0.6 is 0 Å². The SMILES string of the molecule is OCc1cccc(-c2ccc[nH]2)n1. The lowest BCUT2D eigenvalue weighted by atomic mass is 10.2. The van der Waals surface area contributed by atoms with E-state index < -0.39 is 0 Å². The summed E-state index contributed by atoms with van der Waals surface area (Å²) in [4.78, 5) is 7.31. The molecule has 0 aromatic carbocycles. The lowest BCUT2D eigenvalue weighted by molar-refractivity contribution is 0.277. The number of H-pyrrole nitrogens is 1. The van der Waals surface area contributed by atoms with E-state index in [1.54, 1.807) is 6.07 Å². The van der Waals surface area contributed by atoms with Crippen LogP contribution in [0.1, 0.15) is 5.69 Å². The first kappa shape index (κ1) is 8.01. The lowest BCUT2D eigenvalue weighted by Crippen LogP contribution is -1.90. The fourth-order valence-corrected chi connectivity index (χ4v) is 1.21. The van der Waals surface area contributed by atoms with Crippen LogP contribution in [0.15, 0.2) is 36.5 Å². The fourth-order valence-electron chi connectivity index (χ4n) is 1.21. The van der Waals surface area contributed by atoms with Gasteiger partial charge in [0.25, 0.3) is 0 Å². The molecular formula is C10H10N2O. The van der Waals surface area contributed by atoms with Crippen molar-refractivity contribution in [2.24, 2.45) is 0 Å². The Labute approximate surface area is 76.1 Å². The molecule has 0 aliphatic rings. The molecule has 0 saturated heterocycles. The van der Waals surface area contributed by atoms with E-state index in [1.807, 2.05) is 30.5 Å². The zero-order valence-corrected chi connectivity index (χ0v) is 7.07. The third-order valence-electron chi connectivity index (χ3n) is 1.84. The van der Waals surface area contributed by atoms with E-state index in [2.05, 4.69) is 9.97 Å². The molecular weight excluding hydrogens is 164 g/mol. The monoisotopic (exact) mass is 174 g/mol. The summed E-state index contributed by atoms with van der Waals surface area (Å²) in [5.74, 6) is 0. The van der Waals surface area contributed by atoms with Gasteiger partial charge >= 0.3 is 0 Å². The van der Waals surface area contributed by atoms with Crippen molar-refractivity contribution < 1.29 is 5.11 Å². The van der Waals surface area contributed by atoms with Gasteiger partial charge in [-0.25, -0.2) is 4.98 Å². The number of hydrogen-bond acceptors (Lipinski definition) is 2. The molecule has 13 heavy (non-hydrogen) atoms. The van der Waals surface area contributed by atoms with Crippen molar-refractivity contribution in [2.75, 3.05) is 0 Å². The molecule has 2 aromatic rings. The van der Waals surface area contributed by atoms with Gasteiger partial charge in [0.1, 0.15) is 0 Å². The molecule has 2 heterocycles. The fraction of sp³-hybridized carbons (Fsp3) is 0.100. The maximum atomic E-state index is 8.89. The van der Waals surface area contributed by atoms with Gasteiger partial charge in [-0.3, -0.25) is 0 Å². The second-order valence-corrected chi connectivity index (χ2v) is 2.76. The smallest absolute Gasteiger partial charge is 0.0868 e. The van der Waals surface area contributed by atoms with Crippen molar-refractivity contribution in [3.63, 3.8) is 0 Å². The average molecular weight is 174 g/mol. The highest BCUT2D eigenvalue weighted by Crippen LogP contribution is 2.13. The van der Waals surface area contributed by atoms with Gasteiger partial charge in [0.15, 0.2) is 0 Å². The predicted molar refractivity (Wildman–Crippen MR) is 49.9 cm³/mol. The standard InChI is InChI=1S/C10H10N2O/c13-7-8-3-1-4-10(12-8)9-5-2-6-11-9/h1-6,11,13H,7H2. The molecule has 3 nitrogen and oxygen atoms in total. The van der Waals surface area contributed by atoms with E-state index >= 15 is 0 Å². The van der Waals surface area contributed by atoms with Crippen molar-refractivity contribution in [1.29, 1.82) is 0 Å². The molecule has 0 amide bonds. The van der Waals surface area contributed by atoms with Gasteiger partial charge in [0.2, 0.25) is 0 Å². The third-order valence-corrected chi connectivity index (χ3v) is 1.84. The second-order valence-electron chi connectivity index (χ2n) is 2.76. The second kappa shape index (κ2) is 3.41. The molecule has 2 aromatic heterocycles. The summed E-state index contributed by atoms with van der Waals surface area (Å²) >= 11 is 0. The van der Waals surface area contributed by atoms with Crippen molar-refractivity contribution >= 4 is 0 Å². The van der Waals surface area contributed by atoms with E-state index in [4.69, 9.17) is 5.11 Å². The zero-order valence-electron chi connectivity index (χ0n) is 7.07. The Morgan fingerprint density at radius 1 is 1.23 bits per heavy atom. The summed E-state index contributed by atoms with van der Waals surface area (Å²) in [6, 6.07) is 9.46. The Morgan fingerprint density at radius 3 is 2.85 bits per heavy atom. The topological polar surface area (TPSA) is 48.9 Å². The van der Waals surface area contributed by atoms with Gasteiger partial charge < -0.3 is 10.1 Å². The molecule has 0 aliphatic heterocycles. The first-order valence-corrected chi connectivity index (χ1v) is 4.11. The van der Waals surface area contributed by atoms with E-state index in [0.717, 1.165) is 11.4 Å². The molecule has 0 radical (unpaired) electrons. The highest BCUT2D eigenvalue weighted by atomic mass is 16.3. The van der Waals surface area contributed by atoms with E-state index in [1.165, 1.54) is 0 Å². The minimum absolute atomic E-state index is 0.0193. The van der Waals surface area contributed by atoms with Gasteiger partial charge in [-0.2, -0.15) is 0 Å². The Hall–Kier alpha value is -1.61. The van der Waals surface area contributed by atoms with Gasteiger partial charge in [0.05, 0.1) is 23.7 Å². The number of hydrogen-bond donors (Lipinski definition) is 2. The lowest BCUT2D eigenvalue weighted by Gasteiger charge is -1.99. The van der Waals surface area contributed by atoms with Crippen LogP contribution in [-0.4, -0.2) is 15.1 Å². The molecule has 0 unspecified atom stereocenters. The Kier molecular flexibility index (Phi) is 2.10. The number of nitrogens with zero attached hydrogens (tertiary/aromatic N) is 1. The minimum atomic E-state index is -0.0193. The average Bonchev–Trinajstić information content (AvgIpc) is 2.71. The van der Waals surface area contributed by atoms with Gasteiger partial charge in [0, 0.05) is 6.20 Å². The largest absolute Gasteiger partial charge is 0.390 e. The summed E-state index contributed by atoms with van der Waals surface area (Å²) in [5.41, 5.74) is 2.51. The molecule has 2 rings (SSSR count). The van der Waals surface area contributed by atoms with Crippen LogP contribution in [0.5, 0.6) is 0 Å². The first-order valence-electron chi connectivity index (χ1n) is 4.11. The third kappa shape index (κ3) is 1.60. The van der Waals surface area contributed by atoms with Crippen LogP contribution in [0.2, 0.25) is 0 Å². The van der Waals surface area contributed by atoms with Crippen LogP contribution in [-0.2, 0) is 6.61 Å². The summed E-state index contributed by atoms with van der Waals surface area (Å²) < 4.78 is 0. The molecule has 0 spiro atoms. The van der Waals surface area contributed by atoms with Crippen LogP contribution in [0.3, 0.4) is 0 Å². The Morgan fingerprint density at radius 2 is 2.15 bits per heavy atom. The van der Waals surface area contributed by atoms with Crippen molar-refractivity contribution in [3.05, 3.63) is 42.2 Å². The first-order chi connectivity index (χ1) is 6.40. The molecule has 66 valence electrons. The normalized spacial score (nSPS) is 10.2. The number of aromatic amines is 1. The van der Waals surface area contributed by atoms with Crippen LogP contribution < -0.4 is 0 Å². The van der Waals surface area contributed by atoms with Crippen molar-refractivity contribution in [2.45, 2.75) is 6.61 Å². The Balaban J connectivity index is 2.41. The molecule has 0 aliphatic carbocycles. The van der Waals surface area contributed by atoms with Crippen molar-refractivity contribution in [3.8, 4) is 11.4 Å². The maximum Gasteiger partial charge on any atom is 0.0868 e. The van der Waals surface area contributed by atoms with Crippen LogP contribution in [0, 0.1) is 0 Å². The van der Waals surface area contributed by atoms with Gasteiger partial charge in [-0.15, -0.1) is 0 Å². The van der Waals surface area contributed by atoms with Crippen LogP contribution in [0.25, 0.3) is 11.4 Å². The predicted octanol–water partition coefficient (Wildman–Crippen LogP) is 1.57. The zero-order chi connectivity index (χ0) is 9.10. The molecule has 0 bridgehead atoms. The minimum Gasteiger partial charge on any atom is -0.390 e. The highest BCUT2D eigenvalue weighted by molar-refractivity contribution is 5.53. The summed E-state index contributed by atoms with van der Waals surface area (Å²) in [5, 5.41) is 8.89. The van der Waals surface area contributed by atoms with E-state index in [0.29, 0.717) is 5.69 Å². The number of nitrogens with one attached hydrogen (secondary N) is 1. The van der Waals surface area contributed by atoms with Gasteiger partial charge in [-0.1, -0.05) is 6.07 Å². The van der Waals surface area contributed by atoms with Crippen LogP contribution in [0.4, 0.5) is 0 Å². The molecule has 0 atom stereocenters. The van der Waals surface area contributed by atoms with Gasteiger partial charge in [-0.05, 0) is 24.3 Å². The summed E-state index contributed by atoms with van der Waals surface area (Å²) in [6.07, 6.45) is 1.85. The molecule has 2 N–H and O–H groups in total. The molecule has 3 heteroatoms. The number of rotatable bonds is 2. The van der Waals surface area contributed by atoms with E-state index in [9.17, 15) is 0 Å². The maximum absolute atomic E-state index is 8.89. The number of aliphatic hydroxyl groups excluding tert-OH is 1. The number of aromatic nitrogens is 2. The summed E-state index contributed by atoms with van der Waals surface area (Å²) in [7, 11) is 0. The molecule has 0 fully saturated rings. The summed E-state index contributed by atoms with van der Waals surface area (Å²) in [6.45, 7) is -0.0193. The highest BCUT2D eigenvalue weighted by Gasteiger charge is 1.99. The number of pyridine rings is 1.